The van der Waals surface area contributed by atoms with Crippen LogP contribution in [0.2, 0.25) is 0 Å². The van der Waals surface area contributed by atoms with E-state index in [1.807, 2.05) is 0 Å². The standard InChI is InChI=1S/C9H15BrN4O3S/c1-14-8(7(10)12-13-14)18(16,17)11-6-9(15)4-2-3-5-9/h11,15H,2-6H2,1H3. The second kappa shape index (κ2) is 4.87. The number of hydrogen-bond donors (Lipinski definition) is 2. The molecule has 0 aliphatic heterocycles. The molecule has 102 valence electrons. The molecule has 0 spiro atoms. The quantitative estimate of drug-likeness (QED) is 0.815. The van der Waals surface area contributed by atoms with Crippen LogP contribution in [0.3, 0.4) is 0 Å². The number of halogens is 1. The van der Waals surface area contributed by atoms with Crippen molar-refractivity contribution in [3.8, 4) is 0 Å². The predicted molar refractivity (Wildman–Crippen MR) is 67.3 cm³/mol. The molecule has 2 rings (SSSR count). The lowest BCUT2D eigenvalue weighted by Crippen LogP contribution is -2.41. The van der Waals surface area contributed by atoms with Crippen LogP contribution in [0.1, 0.15) is 25.7 Å². The summed E-state index contributed by atoms with van der Waals surface area (Å²) in [7, 11) is -2.23. The normalized spacial score (nSPS) is 19.3. The van der Waals surface area contributed by atoms with Crippen molar-refractivity contribution in [2.24, 2.45) is 7.05 Å². The Morgan fingerprint density at radius 2 is 2.11 bits per heavy atom. The summed E-state index contributed by atoms with van der Waals surface area (Å²) in [6.45, 7) is 0.0208. The Morgan fingerprint density at radius 1 is 1.50 bits per heavy atom. The van der Waals surface area contributed by atoms with E-state index >= 15 is 0 Å². The van der Waals surface area contributed by atoms with Crippen LogP contribution >= 0.6 is 15.9 Å². The van der Waals surface area contributed by atoms with Crippen LogP contribution in [0.15, 0.2) is 9.63 Å². The van der Waals surface area contributed by atoms with Gasteiger partial charge in [-0.15, -0.1) is 5.10 Å². The Balaban J connectivity index is 2.13. The summed E-state index contributed by atoms with van der Waals surface area (Å²) in [5.41, 5.74) is -0.925. The largest absolute Gasteiger partial charge is 0.389 e. The second-order valence-corrected chi connectivity index (χ2v) is 7.00. The lowest BCUT2D eigenvalue weighted by molar-refractivity contribution is 0.0531. The molecule has 0 saturated heterocycles. The summed E-state index contributed by atoms with van der Waals surface area (Å²) in [5.74, 6) is 0. The molecule has 9 heteroatoms. The topological polar surface area (TPSA) is 97.1 Å². The molecule has 1 aliphatic carbocycles. The Kier molecular flexibility index (Phi) is 3.77. The first-order valence-electron chi connectivity index (χ1n) is 5.61. The summed E-state index contributed by atoms with van der Waals surface area (Å²) in [6, 6.07) is 0. The van der Waals surface area contributed by atoms with E-state index in [-0.39, 0.29) is 16.2 Å². The van der Waals surface area contributed by atoms with Crippen LogP contribution < -0.4 is 4.72 Å². The molecular formula is C9H15BrN4O3S. The third-order valence-corrected chi connectivity index (χ3v) is 5.40. The van der Waals surface area contributed by atoms with Crippen LogP contribution in [0, 0.1) is 0 Å². The molecule has 1 saturated carbocycles. The van der Waals surface area contributed by atoms with Crippen molar-refractivity contribution in [2.75, 3.05) is 6.54 Å². The first kappa shape index (κ1) is 13.9. The molecule has 1 aromatic rings. The van der Waals surface area contributed by atoms with Gasteiger partial charge in [0, 0.05) is 13.6 Å². The molecule has 0 atom stereocenters. The van der Waals surface area contributed by atoms with E-state index < -0.39 is 15.6 Å². The lowest BCUT2D eigenvalue weighted by atomic mass is 10.0. The highest BCUT2D eigenvalue weighted by Crippen LogP contribution is 2.29. The summed E-state index contributed by atoms with van der Waals surface area (Å²) in [4.78, 5) is 0. The molecule has 2 N–H and O–H groups in total. The molecule has 0 amide bonds. The number of sulfonamides is 1. The maximum absolute atomic E-state index is 12.1. The van der Waals surface area contributed by atoms with Crippen molar-refractivity contribution in [3.63, 3.8) is 0 Å². The molecule has 18 heavy (non-hydrogen) atoms. The van der Waals surface area contributed by atoms with E-state index in [0.29, 0.717) is 12.8 Å². The molecule has 1 aromatic heterocycles. The van der Waals surface area contributed by atoms with E-state index in [2.05, 4.69) is 31.0 Å². The van der Waals surface area contributed by atoms with E-state index in [9.17, 15) is 13.5 Å². The maximum atomic E-state index is 12.1. The van der Waals surface area contributed by atoms with Gasteiger partial charge in [0.15, 0.2) is 4.60 Å². The first-order chi connectivity index (χ1) is 8.34. The zero-order chi connectivity index (χ0) is 13.4. The van der Waals surface area contributed by atoms with Crippen LogP contribution in [0.25, 0.3) is 0 Å². The molecule has 7 nitrogen and oxygen atoms in total. The van der Waals surface area contributed by atoms with Gasteiger partial charge in [-0.1, -0.05) is 18.1 Å². The monoisotopic (exact) mass is 338 g/mol. The van der Waals surface area contributed by atoms with E-state index in [1.165, 1.54) is 11.7 Å². The third kappa shape index (κ3) is 2.73. The minimum Gasteiger partial charge on any atom is -0.389 e. The Morgan fingerprint density at radius 3 is 2.61 bits per heavy atom. The van der Waals surface area contributed by atoms with Gasteiger partial charge >= 0.3 is 0 Å². The predicted octanol–water partition coefficient (Wildman–Crippen LogP) is 0.161. The van der Waals surface area contributed by atoms with Crippen molar-refractivity contribution < 1.29 is 13.5 Å². The summed E-state index contributed by atoms with van der Waals surface area (Å²) >= 11 is 3.04. The van der Waals surface area contributed by atoms with Gasteiger partial charge in [-0.25, -0.2) is 17.8 Å². The van der Waals surface area contributed by atoms with Crippen LogP contribution in [-0.4, -0.2) is 40.7 Å². The molecular weight excluding hydrogens is 324 g/mol. The van der Waals surface area contributed by atoms with Crippen molar-refractivity contribution in [2.45, 2.75) is 36.3 Å². The van der Waals surface area contributed by atoms with Gasteiger partial charge in [-0.2, -0.15) is 0 Å². The molecule has 1 aliphatic rings. The second-order valence-electron chi connectivity index (χ2n) is 4.57. The smallest absolute Gasteiger partial charge is 0.260 e. The van der Waals surface area contributed by atoms with E-state index in [4.69, 9.17) is 0 Å². The molecule has 1 heterocycles. The minimum absolute atomic E-state index is 0.0208. The number of rotatable bonds is 4. The summed E-state index contributed by atoms with van der Waals surface area (Å²) < 4.78 is 27.9. The fourth-order valence-electron chi connectivity index (χ4n) is 2.12. The number of aryl methyl sites for hydroxylation is 1. The summed E-state index contributed by atoms with van der Waals surface area (Å²) in [6.07, 6.45) is 3.10. The van der Waals surface area contributed by atoms with Crippen molar-refractivity contribution in [1.29, 1.82) is 0 Å². The van der Waals surface area contributed by atoms with E-state index in [1.54, 1.807) is 0 Å². The van der Waals surface area contributed by atoms with Crippen LogP contribution in [0.4, 0.5) is 0 Å². The van der Waals surface area contributed by atoms with Crippen LogP contribution in [0.5, 0.6) is 0 Å². The molecule has 0 aromatic carbocycles. The zero-order valence-corrected chi connectivity index (χ0v) is 12.3. The fraction of sp³-hybridized carbons (Fsp3) is 0.778. The minimum atomic E-state index is -3.72. The van der Waals surface area contributed by atoms with Crippen molar-refractivity contribution in [3.05, 3.63) is 4.60 Å². The average Bonchev–Trinajstić information content (AvgIpc) is 2.85. The maximum Gasteiger partial charge on any atom is 0.260 e. The SMILES string of the molecule is Cn1nnc(Br)c1S(=O)(=O)NCC1(O)CCCC1. The number of aromatic nitrogens is 3. The summed E-state index contributed by atoms with van der Waals surface area (Å²) in [5, 5.41) is 17.3. The fourth-order valence-corrected chi connectivity index (χ4v) is 4.32. The van der Waals surface area contributed by atoms with Crippen molar-refractivity contribution >= 4 is 26.0 Å². The van der Waals surface area contributed by atoms with Crippen LogP contribution in [-0.2, 0) is 17.1 Å². The highest BCUT2D eigenvalue weighted by Gasteiger charge is 2.33. The van der Waals surface area contributed by atoms with Gasteiger partial charge in [0.1, 0.15) is 0 Å². The number of hydrogen-bond acceptors (Lipinski definition) is 5. The average molecular weight is 339 g/mol. The van der Waals surface area contributed by atoms with Gasteiger partial charge in [0.25, 0.3) is 10.0 Å². The highest BCUT2D eigenvalue weighted by molar-refractivity contribution is 9.10. The Hall–Kier alpha value is -0.510. The van der Waals surface area contributed by atoms with Gasteiger partial charge in [0.05, 0.1) is 5.60 Å². The van der Waals surface area contributed by atoms with Gasteiger partial charge in [-0.3, -0.25) is 0 Å². The molecule has 0 unspecified atom stereocenters. The molecule has 1 fully saturated rings. The number of aliphatic hydroxyl groups is 1. The van der Waals surface area contributed by atoms with E-state index in [0.717, 1.165) is 12.8 Å². The number of nitrogens with zero attached hydrogens (tertiary/aromatic N) is 3. The molecule has 0 radical (unpaired) electrons. The first-order valence-corrected chi connectivity index (χ1v) is 7.89. The van der Waals surface area contributed by atoms with Gasteiger partial charge in [0.2, 0.25) is 5.03 Å². The zero-order valence-electron chi connectivity index (χ0n) is 9.93. The lowest BCUT2D eigenvalue weighted by Gasteiger charge is -2.22. The Bertz CT molecular complexity index is 517. The van der Waals surface area contributed by atoms with Crippen molar-refractivity contribution in [1.82, 2.24) is 19.7 Å². The molecule has 0 bridgehead atoms. The highest BCUT2D eigenvalue weighted by atomic mass is 79.9. The van der Waals surface area contributed by atoms with Gasteiger partial charge < -0.3 is 5.11 Å². The van der Waals surface area contributed by atoms with Gasteiger partial charge in [-0.05, 0) is 28.8 Å². The third-order valence-electron chi connectivity index (χ3n) is 3.12. The Labute approximate surface area is 114 Å². The number of nitrogens with one attached hydrogen (secondary N) is 1.